The summed E-state index contributed by atoms with van der Waals surface area (Å²) in [5.41, 5.74) is 4.35. The molecule has 33 heavy (non-hydrogen) atoms. The van der Waals surface area contributed by atoms with Crippen LogP contribution in [0.4, 0.5) is 0 Å². The van der Waals surface area contributed by atoms with Crippen molar-refractivity contribution < 1.29 is 14.3 Å². The fraction of sp³-hybridized carbons (Fsp3) is 0.0690. The number of ketones is 1. The Bertz CT molecular complexity index is 1420. The lowest BCUT2D eigenvalue weighted by atomic mass is 9.97. The maximum Gasteiger partial charge on any atom is 0.305 e. The number of carbonyl (C=O) groups is 1. The van der Waals surface area contributed by atoms with E-state index in [1.54, 1.807) is 6.20 Å². The van der Waals surface area contributed by atoms with E-state index in [4.69, 9.17) is 9.47 Å². The Hall–Kier alpha value is -4.31. The van der Waals surface area contributed by atoms with Gasteiger partial charge < -0.3 is 14.5 Å². The number of benzene rings is 4. The molecule has 4 aromatic carbocycles. The summed E-state index contributed by atoms with van der Waals surface area (Å²) in [7, 11) is 0. The van der Waals surface area contributed by atoms with E-state index in [1.807, 2.05) is 103 Å². The number of hydrogen-bond acceptors (Lipinski definition) is 3. The molecule has 4 heteroatoms. The van der Waals surface area contributed by atoms with Gasteiger partial charge in [-0.1, -0.05) is 84.9 Å². The molecule has 1 aliphatic rings. The first kappa shape index (κ1) is 19.4. The molecule has 0 aliphatic carbocycles. The van der Waals surface area contributed by atoms with Crippen LogP contribution in [-0.2, 0) is 12.2 Å². The van der Waals surface area contributed by atoms with Crippen molar-refractivity contribution in [2.75, 3.05) is 0 Å². The Morgan fingerprint density at radius 1 is 0.727 bits per heavy atom. The van der Waals surface area contributed by atoms with Gasteiger partial charge in [-0.25, -0.2) is 0 Å². The van der Waals surface area contributed by atoms with Gasteiger partial charge in [-0.2, -0.15) is 0 Å². The molecule has 0 atom stereocenters. The van der Waals surface area contributed by atoms with Gasteiger partial charge in [-0.05, 0) is 23.8 Å². The molecule has 0 spiro atoms. The van der Waals surface area contributed by atoms with Crippen LogP contribution in [0.2, 0.25) is 0 Å². The second-order valence-electron chi connectivity index (χ2n) is 8.18. The normalized spacial score (nSPS) is 13.8. The van der Waals surface area contributed by atoms with Crippen molar-refractivity contribution in [1.29, 1.82) is 0 Å². The van der Waals surface area contributed by atoms with Gasteiger partial charge in [0, 0.05) is 40.2 Å². The summed E-state index contributed by atoms with van der Waals surface area (Å²) in [6.07, 6.45) is 2.07. The second kappa shape index (κ2) is 7.68. The third kappa shape index (κ3) is 3.28. The van der Waals surface area contributed by atoms with Gasteiger partial charge in [0.1, 0.15) is 0 Å². The second-order valence-corrected chi connectivity index (χ2v) is 8.18. The molecule has 1 N–H and O–H groups in total. The third-order valence-corrected chi connectivity index (χ3v) is 6.08. The Morgan fingerprint density at radius 3 is 2.09 bits per heavy atom. The van der Waals surface area contributed by atoms with E-state index < -0.39 is 5.79 Å². The summed E-state index contributed by atoms with van der Waals surface area (Å²) in [4.78, 5) is 16.2. The van der Waals surface area contributed by atoms with Gasteiger partial charge in [0.15, 0.2) is 17.3 Å². The van der Waals surface area contributed by atoms with Crippen molar-refractivity contribution in [3.8, 4) is 11.5 Å². The average molecular weight is 431 g/mol. The van der Waals surface area contributed by atoms with Gasteiger partial charge in [-0.3, -0.25) is 4.79 Å². The molecule has 160 valence electrons. The number of aromatic amines is 1. The summed E-state index contributed by atoms with van der Waals surface area (Å²) >= 11 is 0. The first-order chi connectivity index (χ1) is 16.2. The van der Waals surface area contributed by atoms with Crippen LogP contribution in [0.15, 0.2) is 109 Å². The molecule has 6 rings (SSSR count). The number of ether oxygens (including phenoxy) is 2. The van der Waals surface area contributed by atoms with Crippen LogP contribution in [0.5, 0.6) is 11.5 Å². The number of carbonyl (C=O) groups excluding carboxylic acids is 1. The van der Waals surface area contributed by atoms with E-state index in [0.717, 1.165) is 27.6 Å². The number of para-hydroxylation sites is 1. The number of rotatable bonds is 5. The standard InChI is InChI=1S/C29H21NO3/c31-26(24-19-30-25-14-8-7-13-23(24)25)17-20-15-16-27-28(18-20)33-29(32-27,21-9-3-1-4-10-21)22-11-5-2-6-12-22/h1-16,18-19,30H,17H2. The largest absolute Gasteiger partial charge is 0.440 e. The van der Waals surface area contributed by atoms with Crippen molar-refractivity contribution in [2.45, 2.75) is 12.2 Å². The minimum atomic E-state index is -1.07. The highest BCUT2D eigenvalue weighted by molar-refractivity contribution is 6.08. The molecule has 0 fully saturated rings. The van der Waals surface area contributed by atoms with E-state index in [9.17, 15) is 4.79 Å². The fourth-order valence-corrected chi connectivity index (χ4v) is 4.46. The molecular weight excluding hydrogens is 410 g/mol. The molecule has 1 aliphatic heterocycles. The average Bonchev–Trinajstić information content (AvgIpc) is 3.47. The van der Waals surface area contributed by atoms with E-state index in [2.05, 4.69) is 4.98 Å². The van der Waals surface area contributed by atoms with Crippen molar-refractivity contribution >= 4 is 16.7 Å². The smallest absolute Gasteiger partial charge is 0.305 e. The van der Waals surface area contributed by atoms with Gasteiger partial charge >= 0.3 is 5.79 Å². The molecular formula is C29H21NO3. The Labute approximate surface area is 191 Å². The number of fused-ring (bicyclic) bond motifs is 2. The maximum absolute atomic E-state index is 13.1. The zero-order valence-corrected chi connectivity index (χ0v) is 17.8. The molecule has 0 amide bonds. The van der Waals surface area contributed by atoms with Crippen molar-refractivity contribution in [3.63, 3.8) is 0 Å². The van der Waals surface area contributed by atoms with Crippen molar-refractivity contribution in [1.82, 2.24) is 4.98 Å². The topological polar surface area (TPSA) is 51.3 Å². The van der Waals surface area contributed by atoms with Gasteiger partial charge in [0.05, 0.1) is 0 Å². The lowest BCUT2D eigenvalue weighted by Gasteiger charge is -2.28. The predicted octanol–water partition coefficient (Wildman–Crippen LogP) is 6.27. The lowest BCUT2D eigenvalue weighted by Crippen LogP contribution is -2.36. The SMILES string of the molecule is O=C(Cc1ccc2c(c1)OC(c1ccccc1)(c1ccccc1)O2)c1c[nH]c2ccccc12. The van der Waals surface area contributed by atoms with Crippen LogP contribution in [0.25, 0.3) is 10.9 Å². The number of nitrogens with one attached hydrogen (secondary N) is 1. The van der Waals surface area contributed by atoms with Gasteiger partial charge in [0.2, 0.25) is 0 Å². The van der Waals surface area contributed by atoms with Crippen LogP contribution >= 0.6 is 0 Å². The summed E-state index contributed by atoms with van der Waals surface area (Å²) < 4.78 is 13.0. The minimum absolute atomic E-state index is 0.0590. The molecule has 4 nitrogen and oxygen atoms in total. The molecule has 0 radical (unpaired) electrons. The Morgan fingerprint density at radius 2 is 1.36 bits per heavy atom. The van der Waals surface area contributed by atoms with Gasteiger partial charge in [0.25, 0.3) is 0 Å². The van der Waals surface area contributed by atoms with E-state index in [1.165, 1.54) is 0 Å². The van der Waals surface area contributed by atoms with Gasteiger partial charge in [-0.15, -0.1) is 0 Å². The molecule has 0 unspecified atom stereocenters. The third-order valence-electron chi connectivity index (χ3n) is 6.08. The fourth-order valence-electron chi connectivity index (χ4n) is 4.46. The molecule has 5 aromatic rings. The van der Waals surface area contributed by atoms with Crippen LogP contribution in [-0.4, -0.2) is 10.8 Å². The summed E-state index contributed by atoms with van der Waals surface area (Å²) in [5.74, 6) is 0.284. The molecule has 0 bridgehead atoms. The van der Waals surface area contributed by atoms with Crippen molar-refractivity contribution in [2.24, 2.45) is 0 Å². The summed E-state index contributed by atoms with van der Waals surface area (Å²) in [6, 6.07) is 33.4. The maximum atomic E-state index is 13.1. The summed E-state index contributed by atoms with van der Waals surface area (Å²) in [5, 5.41) is 0.940. The van der Waals surface area contributed by atoms with Crippen molar-refractivity contribution in [3.05, 3.63) is 132 Å². The first-order valence-corrected chi connectivity index (χ1v) is 10.9. The van der Waals surface area contributed by atoms with E-state index in [-0.39, 0.29) is 12.2 Å². The molecule has 1 aromatic heterocycles. The zero-order chi connectivity index (χ0) is 22.3. The number of hydrogen-bond donors (Lipinski definition) is 1. The highest BCUT2D eigenvalue weighted by atomic mass is 16.7. The minimum Gasteiger partial charge on any atom is -0.440 e. The Balaban J connectivity index is 1.33. The number of Topliss-reactive ketones (excluding diaryl/α,β-unsaturated/α-hetero) is 1. The number of H-pyrrole nitrogens is 1. The van der Waals surface area contributed by atoms with Crippen LogP contribution in [0.3, 0.4) is 0 Å². The summed E-state index contributed by atoms with van der Waals surface area (Å²) in [6.45, 7) is 0. The van der Waals surface area contributed by atoms with Crippen LogP contribution in [0.1, 0.15) is 27.0 Å². The number of aromatic nitrogens is 1. The molecule has 0 saturated carbocycles. The van der Waals surface area contributed by atoms with Crippen LogP contribution < -0.4 is 9.47 Å². The quantitative estimate of drug-likeness (QED) is 0.334. The lowest BCUT2D eigenvalue weighted by molar-refractivity contribution is -0.0459. The van der Waals surface area contributed by atoms with Crippen LogP contribution in [0, 0.1) is 0 Å². The zero-order valence-electron chi connectivity index (χ0n) is 17.8. The highest BCUT2D eigenvalue weighted by Crippen LogP contribution is 2.48. The first-order valence-electron chi connectivity index (χ1n) is 10.9. The molecule has 0 saturated heterocycles. The van der Waals surface area contributed by atoms with E-state index >= 15 is 0 Å². The van der Waals surface area contributed by atoms with E-state index in [0.29, 0.717) is 17.1 Å². The predicted molar refractivity (Wildman–Crippen MR) is 128 cm³/mol. The highest BCUT2D eigenvalue weighted by Gasteiger charge is 2.45. The monoisotopic (exact) mass is 431 g/mol. The Kier molecular flexibility index (Phi) is 4.51. The molecule has 2 heterocycles.